The Morgan fingerprint density at radius 3 is 2.50 bits per heavy atom. The third-order valence-corrected chi connectivity index (χ3v) is 3.47. The third-order valence-electron chi connectivity index (χ3n) is 3.47. The van der Waals surface area contributed by atoms with Crippen LogP contribution in [0.25, 0.3) is 0 Å². The van der Waals surface area contributed by atoms with Gasteiger partial charge >= 0.3 is 5.97 Å². The van der Waals surface area contributed by atoms with E-state index >= 15 is 0 Å². The average Bonchev–Trinajstić information content (AvgIpc) is 2.60. The predicted octanol–water partition coefficient (Wildman–Crippen LogP) is 3.55. The smallest absolute Gasteiger partial charge is 0.335 e. The number of carbonyl (C=O) groups is 1. The molecule has 0 atom stereocenters. The van der Waals surface area contributed by atoms with E-state index in [1.54, 1.807) is 12.1 Å². The molecule has 0 aliphatic heterocycles. The summed E-state index contributed by atoms with van der Waals surface area (Å²) in [6.45, 7) is 5.05. The molecule has 0 saturated carbocycles. The predicted molar refractivity (Wildman–Crippen MR) is 93.3 cm³/mol. The minimum absolute atomic E-state index is 0.296. The highest BCUT2D eigenvalue weighted by Crippen LogP contribution is 2.13. The van der Waals surface area contributed by atoms with Gasteiger partial charge in [-0.2, -0.15) is 0 Å². The SMILES string of the molecule is CCOCCOCc1cccc(NCc2ccc(C(=O)O)cc2)c1. The summed E-state index contributed by atoms with van der Waals surface area (Å²) in [5.41, 5.74) is 3.42. The van der Waals surface area contributed by atoms with Crippen molar-refractivity contribution in [3.05, 3.63) is 65.2 Å². The molecule has 0 saturated heterocycles. The fraction of sp³-hybridized carbons (Fsp3) is 0.316. The van der Waals surface area contributed by atoms with Crippen molar-refractivity contribution in [3.8, 4) is 0 Å². The second-order valence-corrected chi connectivity index (χ2v) is 5.31. The molecule has 0 radical (unpaired) electrons. The van der Waals surface area contributed by atoms with E-state index in [0.717, 1.165) is 16.8 Å². The van der Waals surface area contributed by atoms with E-state index in [4.69, 9.17) is 14.6 Å². The molecule has 128 valence electrons. The van der Waals surface area contributed by atoms with Crippen molar-refractivity contribution >= 4 is 11.7 Å². The lowest BCUT2D eigenvalue weighted by molar-refractivity contribution is 0.0453. The molecule has 0 aliphatic carbocycles. The topological polar surface area (TPSA) is 67.8 Å². The minimum atomic E-state index is -0.911. The van der Waals surface area contributed by atoms with Crippen LogP contribution in [0.4, 0.5) is 5.69 Å². The molecule has 0 bridgehead atoms. The number of hydrogen-bond donors (Lipinski definition) is 2. The summed E-state index contributed by atoms with van der Waals surface area (Å²) in [6.07, 6.45) is 0. The first-order chi connectivity index (χ1) is 11.7. The van der Waals surface area contributed by atoms with Gasteiger partial charge in [-0.15, -0.1) is 0 Å². The second kappa shape index (κ2) is 9.70. The Morgan fingerprint density at radius 1 is 1.04 bits per heavy atom. The lowest BCUT2D eigenvalue weighted by atomic mass is 10.1. The Hall–Kier alpha value is -2.37. The zero-order valence-corrected chi connectivity index (χ0v) is 13.8. The van der Waals surface area contributed by atoms with Crippen LogP contribution < -0.4 is 5.32 Å². The minimum Gasteiger partial charge on any atom is -0.478 e. The molecule has 2 aromatic rings. The van der Waals surface area contributed by atoms with Crippen molar-refractivity contribution in [2.24, 2.45) is 0 Å². The van der Waals surface area contributed by atoms with Gasteiger partial charge in [0.1, 0.15) is 0 Å². The van der Waals surface area contributed by atoms with Crippen LogP contribution in [0.1, 0.15) is 28.4 Å². The molecule has 5 nitrogen and oxygen atoms in total. The summed E-state index contributed by atoms with van der Waals surface area (Å²) in [4.78, 5) is 10.8. The molecule has 0 aliphatic rings. The molecule has 0 fully saturated rings. The van der Waals surface area contributed by atoms with Crippen LogP contribution in [0.2, 0.25) is 0 Å². The van der Waals surface area contributed by atoms with Gasteiger partial charge in [0.25, 0.3) is 0 Å². The zero-order valence-electron chi connectivity index (χ0n) is 13.8. The molecule has 2 aromatic carbocycles. The standard InChI is InChI=1S/C19H23NO4/c1-2-23-10-11-24-14-16-4-3-5-18(12-16)20-13-15-6-8-17(9-7-15)19(21)22/h3-9,12,20H,2,10-11,13-14H2,1H3,(H,21,22). The summed E-state index contributed by atoms with van der Waals surface area (Å²) in [7, 11) is 0. The largest absolute Gasteiger partial charge is 0.478 e. The van der Waals surface area contributed by atoms with Gasteiger partial charge in [0.05, 0.1) is 25.4 Å². The lowest BCUT2D eigenvalue weighted by Gasteiger charge is -2.09. The van der Waals surface area contributed by atoms with Crippen molar-refractivity contribution in [2.75, 3.05) is 25.1 Å². The van der Waals surface area contributed by atoms with E-state index in [-0.39, 0.29) is 0 Å². The van der Waals surface area contributed by atoms with Gasteiger partial charge in [0, 0.05) is 18.8 Å². The van der Waals surface area contributed by atoms with Gasteiger partial charge in [-0.3, -0.25) is 0 Å². The van der Waals surface area contributed by atoms with Gasteiger partial charge in [-0.1, -0.05) is 24.3 Å². The Morgan fingerprint density at radius 2 is 1.79 bits per heavy atom. The van der Waals surface area contributed by atoms with Crippen LogP contribution >= 0.6 is 0 Å². The van der Waals surface area contributed by atoms with E-state index in [2.05, 4.69) is 5.32 Å². The van der Waals surface area contributed by atoms with Crippen molar-refractivity contribution in [2.45, 2.75) is 20.1 Å². The Labute approximate surface area is 142 Å². The first kappa shape index (κ1) is 18.0. The van der Waals surface area contributed by atoms with Crippen LogP contribution in [0.15, 0.2) is 48.5 Å². The Bertz CT molecular complexity index is 640. The van der Waals surface area contributed by atoms with Crippen LogP contribution in [0.5, 0.6) is 0 Å². The number of nitrogens with one attached hydrogen (secondary N) is 1. The number of benzene rings is 2. The van der Waals surface area contributed by atoms with Crippen molar-refractivity contribution < 1.29 is 19.4 Å². The number of carboxylic acid groups (broad SMARTS) is 1. The van der Waals surface area contributed by atoms with E-state index in [1.807, 2.05) is 43.3 Å². The molecule has 0 amide bonds. The highest BCUT2D eigenvalue weighted by molar-refractivity contribution is 5.87. The molecule has 24 heavy (non-hydrogen) atoms. The Balaban J connectivity index is 1.82. The summed E-state index contributed by atoms with van der Waals surface area (Å²) < 4.78 is 10.8. The van der Waals surface area contributed by atoms with Gasteiger partial charge in [0.15, 0.2) is 0 Å². The number of rotatable bonds is 10. The van der Waals surface area contributed by atoms with E-state index < -0.39 is 5.97 Å². The van der Waals surface area contributed by atoms with Gasteiger partial charge < -0.3 is 19.9 Å². The fourth-order valence-electron chi connectivity index (χ4n) is 2.19. The number of anilines is 1. The maximum atomic E-state index is 10.8. The Kier molecular flexibility index (Phi) is 7.26. The maximum Gasteiger partial charge on any atom is 0.335 e. The summed E-state index contributed by atoms with van der Waals surface area (Å²) >= 11 is 0. The van der Waals surface area contributed by atoms with Gasteiger partial charge in [-0.25, -0.2) is 4.79 Å². The summed E-state index contributed by atoms with van der Waals surface area (Å²) in [6, 6.07) is 14.9. The van der Waals surface area contributed by atoms with E-state index in [0.29, 0.717) is 38.5 Å². The molecule has 2 rings (SSSR count). The normalized spacial score (nSPS) is 10.5. The molecule has 2 N–H and O–H groups in total. The lowest BCUT2D eigenvalue weighted by Crippen LogP contribution is -2.04. The first-order valence-corrected chi connectivity index (χ1v) is 7.99. The highest BCUT2D eigenvalue weighted by Gasteiger charge is 2.02. The highest BCUT2D eigenvalue weighted by atomic mass is 16.5. The summed E-state index contributed by atoms with van der Waals surface area (Å²) in [5, 5.41) is 12.2. The van der Waals surface area contributed by atoms with Crippen LogP contribution in [-0.2, 0) is 22.6 Å². The molecule has 0 aromatic heterocycles. The number of ether oxygens (including phenoxy) is 2. The average molecular weight is 329 g/mol. The number of aromatic carboxylic acids is 1. The number of hydrogen-bond acceptors (Lipinski definition) is 4. The van der Waals surface area contributed by atoms with Crippen molar-refractivity contribution in [1.29, 1.82) is 0 Å². The first-order valence-electron chi connectivity index (χ1n) is 7.99. The van der Waals surface area contributed by atoms with Crippen LogP contribution in [0, 0.1) is 0 Å². The molecule has 5 heteroatoms. The molecule has 0 spiro atoms. The van der Waals surface area contributed by atoms with Crippen molar-refractivity contribution in [1.82, 2.24) is 0 Å². The maximum absolute atomic E-state index is 10.8. The van der Waals surface area contributed by atoms with Crippen LogP contribution in [0.3, 0.4) is 0 Å². The zero-order chi connectivity index (χ0) is 17.2. The van der Waals surface area contributed by atoms with Crippen LogP contribution in [-0.4, -0.2) is 30.9 Å². The number of carboxylic acids is 1. The molecular weight excluding hydrogens is 306 g/mol. The fourth-order valence-corrected chi connectivity index (χ4v) is 2.19. The van der Waals surface area contributed by atoms with Gasteiger partial charge in [0.2, 0.25) is 0 Å². The monoisotopic (exact) mass is 329 g/mol. The quantitative estimate of drug-likeness (QED) is 0.653. The molecule has 0 unspecified atom stereocenters. The second-order valence-electron chi connectivity index (χ2n) is 5.31. The molecule has 0 heterocycles. The van der Waals surface area contributed by atoms with E-state index in [1.165, 1.54) is 0 Å². The summed E-state index contributed by atoms with van der Waals surface area (Å²) in [5.74, 6) is -0.911. The van der Waals surface area contributed by atoms with Gasteiger partial charge in [-0.05, 0) is 42.3 Å². The third kappa shape index (κ3) is 6.02. The van der Waals surface area contributed by atoms with E-state index in [9.17, 15) is 4.79 Å². The van der Waals surface area contributed by atoms with Crippen molar-refractivity contribution in [3.63, 3.8) is 0 Å². The molecular formula is C19H23NO4.